The second-order valence-electron chi connectivity index (χ2n) is 8.20. The average Bonchev–Trinajstić information content (AvgIpc) is 2.81. The SMILES string of the molecule is Oc1ccc(CCc2ccc(O)c(Oc3c(O)cc(CCc4cccc(O)c4)cc3O)c2)cc1. The van der Waals surface area contributed by atoms with Gasteiger partial charge in [-0.15, -0.1) is 0 Å². The van der Waals surface area contributed by atoms with Gasteiger partial charge in [0.25, 0.3) is 0 Å². The Morgan fingerprint density at radius 1 is 0.471 bits per heavy atom. The fraction of sp³-hybridized carbons (Fsp3) is 0.143. The van der Waals surface area contributed by atoms with E-state index >= 15 is 0 Å². The lowest BCUT2D eigenvalue weighted by molar-refractivity contribution is 0.359. The summed E-state index contributed by atoms with van der Waals surface area (Å²) in [6.45, 7) is 0. The first-order valence-electron chi connectivity index (χ1n) is 11.0. The van der Waals surface area contributed by atoms with E-state index in [1.54, 1.807) is 42.5 Å². The maximum atomic E-state index is 10.5. The monoisotopic (exact) mass is 458 g/mol. The molecule has 0 atom stereocenters. The van der Waals surface area contributed by atoms with Crippen LogP contribution in [-0.4, -0.2) is 25.5 Å². The molecule has 5 N–H and O–H groups in total. The zero-order valence-electron chi connectivity index (χ0n) is 18.5. The summed E-state index contributed by atoms with van der Waals surface area (Å²) in [5.41, 5.74) is 3.61. The summed E-state index contributed by atoms with van der Waals surface area (Å²) in [4.78, 5) is 0. The summed E-state index contributed by atoms with van der Waals surface area (Å²) in [5.74, 6) is -0.181. The molecule has 0 saturated carbocycles. The molecular formula is C28H26O6. The normalized spacial score (nSPS) is 10.8. The van der Waals surface area contributed by atoms with Crippen molar-refractivity contribution < 1.29 is 30.3 Å². The number of rotatable bonds is 8. The van der Waals surface area contributed by atoms with E-state index in [0.717, 1.165) is 23.1 Å². The van der Waals surface area contributed by atoms with Gasteiger partial charge in [-0.05, 0) is 96.5 Å². The highest BCUT2D eigenvalue weighted by Crippen LogP contribution is 2.42. The lowest BCUT2D eigenvalue weighted by Crippen LogP contribution is -1.95. The molecule has 0 bridgehead atoms. The lowest BCUT2D eigenvalue weighted by atomic mass is 10.0. The third-order valence-electron chi connectivity index (χ3n) is 5.60. The maximum absolute atomic E-state index is 10.5. The van der Waals surface area contributed by atoms with Crippen LogP contribution in [0.4, 0.5) is 0 Å². The highest BCUT2D eigenvalue weighted by molar-refractivity contribution is 5.56. The van der Waals surface area contributed by atoms with E-state index in [1.807, 2.05) is 18.2 Å². The molecule has 0 aliphatic heterocycles. The molecule has 4 aromatic carbocycles. The van der Waals surface area contributed by atoms with E-state index in [-0.39, 0.29) is 40.2 Å². The van der Waals surface area contributed by atoms with Crippen LogP contribution in [0.25, 0.3) is 0 Å². The molecule has 0 unspecified atom stereocenters. The standard InChI is InChI=1S/C28H26O6/c29-22-11-8-18(9-12-22)4-5-20-10-13-24(31)27(17-20)34-28-25(32)15-21(16-26(28)33)7-6-19-2-1-3-23(30)14-19/h1-3,8-17,29-33H,4-7H2. The van der Waals surface area contributed by atoms with E-state index in [9.17, 15) is 25.5 Å². The molecule has 0 aromatic heterocycles. The van der Waals surface area contributed by atoms with Crippen LogP contribution in [0.5, 0.6) is 40.2 Å². The van der Waals surface area contributed by atoms with Crippen LogP contribution in [0.3, 0.4) is 0 Å². The van der Waals surface area contributed by atoms with Crippen molar-refractivity contribution in [1.82, 2.24) is 0 Å². The van der Waals surface area contributed by atoms with Crippen molar-refractivity contribution in [3.63, 3.8) is 0 Å². The Hall–Kier alpha value is -4.32. The van der Waals surface area contributed by atoms with E-state index in [4.69, 9.17) is 4.74 Å². The number of aryl methyl sites for hydroxylation is 4. The molecule has 0 amide bonds. The third-order valence-corrected chi connectivity index (χ3v) is 5.60. The number of aromatic hydroxyl groups is 5. The van der Waals surface area contributed by atoms with Crippen LogP contribution in [0.15, 0.2) is 78.9 Å². The van der Waals surface area contributed by atoms with Gasteiger partial charge in [0.1, 0.15) is 11.5 Å². The summed E-state index contributed by atoms with van der Waals surface area (Å²) in [7, 11) is 0. The smallest absolute Gasteiger partial charge is 0.210 e. The van der Waals surface area contributed by atoms with Gasteiger partial charge in [-0.25, -0.2) is 0 Å². The van der Waals surface area contributed by atoms with Crippen molar-refractivity contribution in [2.75, 3.05) is 0 Å². The van der Waals surface area contributed by atoms with E-state index in [1.165, 1.54) is 18.2 Å². The van der Waals surface area contributed by atoms with Crippen molar-refractivity contribution in [3.05, 3.63) is 101 Å². The Morgan fingerprint density at radius 2 is 1.06 bits per heavy atom. The molecule has 0 spiro atoms. The number of hydrogen-bond acceptors (Lipinski definition) is 6. The van der Waals surface area contributed by atoms with Crippen LogP contribution in [0, 0.1) is 0 Å². The molecule has 6 nitrogen and oxygen atoms in total. The second kappa shape index (κ2) is 10.1. The quantitative estimate of drug-likeness (QED) is 0.236. The first kappa shape index (κ1) is 22.9. The average molecular weight is 459 g/mol. The molecule has 174 valence electrons. The summed E-state index contributed by atoms with van der Waals surface area (Å²) in [6, 6.07) is 21.9. The summed E-state index contributed by atoms with van der Waals surface area (Å²) in [5, 5.41) is 50.2. The Bertz CT molecular complexity index is 1260. The molecule has 0 radical (unpaired) electrons. The van der Waals surface area contributed by atoms with Gasteiger partial charge in [-0.1, -0.05) is 30.3 Å². The topological polar surface area (TPSA) is 110 Å². The van der Waals surface area contributed by atoms with Crippen LogP contribution < -0.4 is 4.74 Å². The second-order valence-corrected chi connectivity index (χ2v) is 8.20. The molecular weight excluding hydrogens is 432 g/mol. The van der Waals surface area contributed by atoms with Gasteiger partial charge in [-0.3, -0.25) is 0 Å². The number of phenolic OH excluding ortho intramolecular Hbond substituents is 5. The van der Waals surface area contributed by atoms with Gasteiger partial charge in [0.15, 0.2) is 23.0 Å². The minimum absolute atomic E-state index is 0.111. The summed E-state index contributed by atoms with van der Waals surface area (Å²) < 4.78 is 5.70. The van der Waals surface area contributed by atoms with E-state index in [2.05, 4.69) is 0 Å². The Kier molecular flexibility index (Phi) is 6.78. The molecule has 0 aliphatic rings. The predicted molar refractivity (Wildman–Crippen MR) is 129 cm³/mol. The largest absolute Gasteiger partial charge is 0.508 e. The molecule has 0 heterocycles. The van der Waals surface area contributed by atoms with Crippen molar-refractivity contribution in [3.8, 4) is 40.2 Å². The van der Waals surface area contributed by atoms with Crippen LogP contribution in [-0.2, 0) is 25.7 Å². The van der Waals surface area contributed by atoms with Gasteiger partial charge >= 0.3 is 0 Å². The summed E-state index contributed by atoms with van der Waals surface area (Å²) >= 11 is 0. The Morgan fingerprint density at radius 3 is 1.74 bits per heavy atom. The number of benzene rings is 4. The molecule has 4 rings (SSSR count). The molecule has 6 heteroatoms. The van der Waals surface area contributed by atoms with Crippen molar-refractivity contribution in [1.29, 1.82) is 0 Å². The fourth-order valence-electron chi connectivity index (χ4n) is 3.76. The minimum atomic E-state index is -0.236. The van der Waals surface area contributed by atoms with Crippen molar-refractivity contribution in [2.24, 2.45) is 0 Å². The van der Waals surface area contributed by atoms with E-state index in [0.29, 0.717) is 24.8 Å². The fourth-order valence-corrected chi connectivity index (χ4v) is 3.76. The van der Waals surface area contributed by atoms with Crippen LogP contribution in [0.1, 0.15) is 22.3 Å². The van der Waals surface area contributed by atoms with Crippen molar-refractivity contribution >= 4 is 0 Å². The Labute approximate surface area is 197 Å². The van der Waals surface area contributed by atoms with Crippen LogP contribution >= 0.6 is 0 Å². The molecule has 4 aromatic rings. The van der Waals surface area contributed by atoms with Gasteiger partial charge in [-0.2, -0.15) is 0 Å². The minimum Gasteiger partial charge on any atom is -0.508 e. The number of hydrogen-bond donors (Lipinski definition) is 5. The van der Waals surface area contributed by atoms with Gasteiger partial charge in [0.05, 0.1) is 0 Å². The van der Waals surface area contributed by atoms with Gasteiger partial charge in [0, 0.05) is 0 Å². The van der Waals surface area contributed by atoms with Gasteiger partial charge in [0.2, 0.25) is 5.75 Å². The number of phenols is 5. The van der Waals surface area contributed by atoms with Crippen LogP contribution in [0.2, 0.25) is 0 Å². The van der Waals surface area contributed by atoms with E-state index < -0.39 is 0 Å². The first-order valence-corrected chi connectivity index (χ1v) is 11.0. The molecule has 0 saturated heterocycles. The zero-order chi connectivity index (χ0) is 24.1. The molecule has 0 fully saturated rings. The van der Waals surface area contributed by atoms with Gasteiger partial charge < -0.3 is 30.3 Å². The Balaban J connectivity index is 1.46. The first-order chi connectivity index (χ1) is 16.4. The maximum Gasteiger partial charge on any atom is 0.210 e. The predicted octanol–water partition coefficient (Wildman–Crippen LogP) is 5.58. The summed E-state index contributed by atoms with van der Waals surface area (Å²) in [6.07, 6.45) is 2.57. The molecule has 34 heavy (non-hydrogen) atoms. The highest BCUT2D eigenvalue weighted by atomic mass is 16.5. The number of ether oxygens (including phenoxy) is 1. The third kappa shape index (κ3) is 5.72. The lowest BCUT2D eigenvalue weighted by Gasteiger charge is -2.14. The highest BCUT2D eigenvalue weighted by Gasteiger charge is 2.15. The molecule has 0 aliphatic carbocycles. The zero-order valence-corrected chi connectivity index (χ0v) is 18.5. The van der Waals surface area contributed by atoms with Crippen molar-refractivity contribution in [2.45, 2.75) is 25.7 Å².